The molecule has 1 rings (SSSR count). The van der Waals surface area contributed by atoms with Crippen molar-refractivity contribution in [3.05, 3.63) is 0 Å². The highest BCUT2D eigenvalue weighted by molar-refractivity contribution is 5.76. The Morgan fingerprint density at radius 1 is 1.41 bits per heavy atom. The molecule has 1 amide bonds. The largest absolute Gasteiger partial charge is 0.353 e. The number of rotatable bonds is 3. The molecule has 3 nitrogen and oxygen atoms in total. The summed E-state index contributed by atoms with van der Waals surface area (Å²) in [5.41, 5.74) is 6.06. The first kappa shape index (κ1) is 14.5. The summed E-state index contributed by atoms with van der Waals surface area (Å²) in [4.78, 5) is 11.9. The van der Waals surface area contributed by atoms with Gasteiger partial charge in [-0.25, -0.2) is 0 Å². The van der Waals surface area contributed by atoms with E-state index in [0.717, 1.165) is 19.3 Å². The monoisotopic (exact) mass is 240 g/mol. The summed E-state index contributed by atoms with van der Waals surface area (Å²) in [5, 5.41) is 3.10. The highest BCUT2D eigenvalue weighted by atomic mass is 16.1. The molecule has 1 saturated carbocycles. The minimum Gasteiger partial charge on any atom is -0.353 e. The molecule has 0 heterocycles. The SMILES string of the molecule is CC(NC(=O)CC1CCCC(N)C1)C(C)(C)C. The highest BCUT2D eigenvalue weighted by Gasteiger charge is 2.25. The lowest BCUT2D eigenvalue weighted by atomic mass is 9.83. The maximum atomic E-state index is 11.9. The summed E-state index contributed by atoms with van der Waals surface area (Å²) in [6.07, 6.45) is 5.11. The quantitative estimate of drug-likeness (QED) is 0.796. The Labute approximate surface area is 106 Å². The zero-order valence-corrected chi connectivity index (χ0v) is 11.8. The third-order valence-corrected chi connectivity index (χ3v) is 3.97. The fraction of sp³-hybridized carbons (Fsp3) is 0.929. The van der Waals surface area contributed by atoms with Crippen LogP contribution in [0.4, 0.5) is 0 Å². The molecule has 0 aliphatic heterocycles. The van der Waals surface area contributed by atoms with Crippen LogP contribution in [0.2, 0.25) is 0 Å². The Hall–Kier alpha value is -0.570. The van der Waals surface area contributed by atoms with E-state index in [2.05, 4.69) is 33.0 Å². The molecule has 3 heteroatoms. The van der Waals surface area contributed by atoms with Gasteiger partial charge in [0.15, 0.2) is 0 Å². The minimum absolute atomic E-state index is 0.124. The van der Waals surface area contributed by atoms with Crippen molar-refractivity contribution in [3.8, 4) is 0 Å². The van der Waals surface area contributed by atoms with Gasteiger partial charge in [0, 0.05) is 18.5 Å². The molecule has 17 heavy (non-hydrogen) atoms. The number of nitrogens with one attached hydrogen (secondary N) is 1. The van der Waals surface area contributed by atoms with Gasteiger partial charge in [-0.15, -0.1) is 0 Å². The van der Waals surface area contributed by atoms with Gasteiger partial charge in [0.05, 0.1) is 0 Å². The van der Waals surface area contributed by atoms with E-state index < -0.39 is 0 Å². The molecule has 0 aromatic heterocycles. The summed E-state index contributed by atoms with van der Waals surface area (Å²) < 4.78 is 0. The molecule has 0 aromatic carbocycles. The fourth-order valence-corrected chi connectivity index (χ4v) is 2.30. The van der Waals surface area contributed by atoms with Gasteiger partial charge >= 0.3 is 0 Å². The Morgan fingerprint density at radius 3 is 2.59 bits per heavy atom. The van der Waals surface area contributed by atoms with Crippen LogP contribution in [0.25, 0.3) is 0 Å². The smallest absolute Gasteiger partial charge is 0.220 e. The molecule has 0 saturated heterocycles. The third-order valence-electron chi connectivity index (χ3n) is 3.97. The van der Waals surface area contributed by atoms with E-state index in [4.69, 9.17) is 5.73 Å². The molecule has 1 aliphatic rings. The lowest BCUT2D eigenvalue weighted by Gasteiger charge is -2.30. The first-order valence-electron chi connectivity index (χ1n) is 6.84. The molecular weight excluding hydrogens is 212 g/mol. The maximum Gasteiger partial charge on any atom is 0.220 e. The van der Waals surface area contributed by atoms with Crippen LogP contribution in [-0.2, 0) is 4.79 Å². The van der Waals surface area contributed by atoms with Crippen LogP contribution in [0.5, 0.6) is 0 Å². The number of hydrogen-bond donors (Lipinski definition) is 2. The molecule has 0 bridgehead atoms. The number of nitrogens with two attached hydrogens (primary N) is 1. The van der Waals surface area contributed by atoms with Gasteiger partial charge in [0.25, 0.3) is 0 Å². The zero-order valence-electron chi connectivity index (χ0n) is 11.8. The number of amides is 1. The molecule has 1 fully saturated rings. The highest BCUT2D eigenvalue weighted by Crippen LogP contribution is 2.26. The Morgan fingerprint density at radius 2 is 2.06 bits per heavy atom. The van der Waals surface area contributed by atoms with Crippen LogP contribution >= 0.6 is 0 Å². The fourth-order valence-electron chi connectivity index (χ4n) is 2.30. The minimum atomic E-state index is 0.124. The van der Waals surface area contributed by atoms with Crippen molar-refractivity contribution < 1.29 is 4.79 Å². The van der Waals surface area contributed by atoms with E-state index in [1.54, 1.807) is 0 Å². The van der Waals surface area contributed by atoms with Crippen molar-refractivity contribution in [2.75, 3.05) is 0 Å². The summed E-state index contributed by atoms with van der Waals surface area (Å²) >= 11 is 0. The molecule has 0 spiro atoms. The first-order valence-corrected chi connectivity index (χ1v) is 6.84. The normalized spacial score (nSPS) is 27.6. The van der Waals surface area contributed by atoms with E-state index in [-0.39, 0.29) is 17.4 Å². The van der Waals surface area contributed by atoms with Gasteiger partial charge in [-0.1, -0.05) is 27.2 Å². The molecule has 0 radical (unpaired) electrons. The van der Waals surface area contributed by atoms with E-state index in [9.17, 15) is 4.79 Å². The second-order valence-electron chi connectivity index (χ2n) is 6.65. The van der Waals surface area contributed by atoms with E-state index in [0.29, 0.717) is 18.4 Å². The van der Waals surface area contributed by atoms with Crippen molar-refractivity contribution >= 4 is 5.91 Å². The lowest BCUT2D eigenvalue weighted by molar-refractivity contribution is -0.123. The van der Waals surface area contributed by atoms with Crippen LogP contribution in [-0.4, -0.2) is 18.0 Å². The maximum absolute atomic E-state index is 11.9. The molecule has 100 valence electrons. The Kier molecular flexibility index (Phi) is 4.99. The van der Waals surface area contributed by atoms with Gasteiger partial charge < -0.3 is 11.1 Å². The predicted molar refractivity (Wildman–Crippen MR) is 71.6 cm³/mol. The van der Waals surface area contributed by atoms with Gasteiger partial charge in [0.1, 0.15) is 0 Å². The predicted octanol–water partition coefficient (Wildman–Crippen LogP) is 2.44. The standard InChI is InChI=1S/C14H28N2O/c1-10(14(2,3)4)16-13(17)9-11-6-5-7-12(15)8-11/h10-12H,5-9,15H2,1-4H3,(H,16,17). The lowest BCUT2D eigenvalue weighted by Crippen LogP contribution is -2.42. The first-order chi connectivity index (χ1) is 7.79. The topological polar surface area (TPSA) is 55.1 Å². The van der Waals surface area contributed by atoms with Crippen LogP contribution in [0.15, 0.2) is 0 Å². The second-order valence-corrected chi connectivity index (χ2v) is 6.65. The molecule has 0 aromatic rings. The van der Waals surface area contributed by atoms with Gasteiger partial charge in [-0.05, 0) is 37.5 Å². The number of carbonyl (C=O) groups is 1. The summed E-state index contributed by atoms with van der Waals surface area (Å²) in [6, 6.07) is 0.522. The van der Waals surface area contributed by atoms with Crippen molar-refractivity contribution in [2.45, 2.75) is 71.9 Å². The van der Waals surface area contributed by atoms with Crippen molar-refractivity contribution in [1.29, 1.82) is 0 Å². The van der Waals surface area contributed by atoms with Crippen LogP contribution in [0, 0.1) is 11.3 Å². The molecule has 3 N–H and O–H groups in total. The van der Waals surface area contributed by atoms with Crippen LogP contribution in [0.3, 0.4) is 0 Å². The Balaban J connectivity index is 2.34. The third kappa shape index (κ3) is 5.07. The second kappa shape index (κ2) is 5.85. The average Bonchev–Trinajstić information content (AvgIpc) is 2.15. The molecule has 3 unspecified atom stereocenters. The van der Waals surface area contributed by atoms with E-state index in [1.165, 1.54) is 6.42 Å². The summed E-state index contributed by atoms with van der Waals surface area (Å²) in [5.74, 6) is 0.678. The van der Waals surface area contributed by atoms with E-state index in [1.807, 2.05) is 0 Å². The van der Waals surface area contributed by atoms with E-state index >= 15 is 0 Å². The summed E-state index contributed by atoms with van der Waals surface area (Å²) in [7, 11) is 0. The van der Waals surface area contributed by atoms with Crippen LogP contribution in [0.1, 0.15) is 59.8 Å². The average molecular weight is 240 g/mol. The zero-order chi connectivity index (χ0) is 13.1. The molecule has 3 atom stereocenters. The van der Waals surface area contributed by atoms with Gasteiger partial charge in [-0.2, -0.15) is 0 Å². The number of hydrogen-bond acceptors (Lipinski definition) is 2. The van der Waals surface area contributed by atoms with Gasteiger partial charge in [0.2, 0.25) is 5.91 Å². The summed E-state index contributed by atoms with van der Waals surface area (Å²) in [6.45, 7) is 8.52. The Bertz CT molecular complexity index is 257. The molecular formula is C14H28N2O. The van der Waals surface area contributed by atoms with Gasteiger partial charge in [-0.3, -0.25) is 4.79 Å². The number of carbonyl (C=O) groups excluding carboxylic acids is 1. The van der Waals surface area contributed by atoms with Crippen LogP contribution < -0.4 is 11.1 Å². The van der Waals surface area contributed by atoms with Crippen molar-refractivity contribution in [3.63, 3.8) is 0 Å². The van der Waals surface area contributed by atoms with Crippen molar-refractivity contribution in [2.24, 2.45) is 17.1 Å². The molecule has 1 aliphatic carbocycles. The van der Waals surface area contributed by atoms with Crippen molar-refractivity contribution in [1.82, 2.24) is 5.32 Å².